The highest BCUT2D eigenvalue weighted by molar-refractivity contribution is 5.76. The fourth-order valence-corrected chi connectivity index (χ4v) is 5.45. The topological polar surface area (TPSA) is 35.6 Å². The number of carbonyl (C=O) groups is 1. The molecule has 4 rings (SSSR count). The molecule has 4 nitrogen and oxygen atoms in total. The van der Waals surface area contributed by atoms with Crippen molar-refractivity contribution >= 4 is 5.91 Å². The molecule has 0 spiro atoms. The Morgan fingerprint density at radius 2 is 1.82 bits per heavy atom. The molecule has 0 aromatic heterocycles. The third-order valence-corrected chi connectivity index (χ3v) is 6.85. The summed E-state index contributed by atoms with van der Waals surface area (Å²) >= 11 is 0. The second-order valence-corrected chi connectivity index (χ2v) is 8.69. The number of rotatable bonds is 5. The molecule has 28 heavy (non-hydrogen) atoms. The number of benzene rings is 1. The predicted octanol–water partition coefficient (Wildman–Crippen LogP) is 3.48. The molecular formula is C22H31F2N3O. The van der Waals surface area contributed by atoms with Crippen LogP contribution in [0.1, 0.15) is 57.1 Å². The molecule has 3 saturated heterocycles. The lowest BCUT2D eigenvalue weighted by molar-refractivity contribution is -0.134. The number of amides is 1. The smallest absolute Gasteiger partial charge is 0.222 e. The maximum atomic E-state index is 14.2. The number of piperidine rings is 1. The van der Waals surface area contributed by atoms with Crippen LogP contribution in [0.15, 0.2) is 18.2 Å². The average Bonchev–Trinajstić information content (AvgIpc) is 3.02. The lowest BCUT2D eigenvalue weighted by Crippen LogP contribution is -2.50. The Morgan fingerprint density at radius 1 is 1.14 bits per heavy atom. The number of hydrogen-bond donors (Lipinski definition) is 1. The van der Waals surface area contributed by atoms with Crippen molar-refractivity contribution in [3.63, 3.8) is 0 Å². The first-order valence-electron chi connectivity index (χ1n) is 10.8. The van der Waals surface area contributed by atoms with Gasteiger partial charge in [-0.1, -0.05) is 13.0 Å². The van der Waals surface area contributed by atoms with Crippen LogP contribution in [0.5, 0.6) is 0 Å². The van der Waals surface area contributed by atoms with Crippen molar-refractivity contribution < 1.29 is 13.6 Å². The summed E-state index contributed by atoms with van der Waals surface area (Å²) in [5.41, 5.74) is 0.550. The SMILES string of the molecule is CCC(c1ccc(F)cc1F)N1CCN(C(=O)CC2CC3CCC(C2)N3)CC1. The van der Waals surface area contributed by atoms with E-state index in [1.807, 2.05) is 11.8 Å². The van der Waals surface area contributed by atoms with Crippen molar-refractivity contribution in [2.75, 3.05) is 26.2 Å². The number of halogens is 2. The summed E-state index contributed by atoms with van der Waals surface area (Å²) in [6, 6.07) is 5.00. The van der Waals surface area contributed by atoms with Crippen molar-refractivity contribution in [2.45, 2.75) is 63.6 Å². The summed E-state index contributed by atoms with van der Waals surface area (Å²) in [6.07, 6.45) is 6.19. The van der Waals surface area contributed by atoms with Gasteiger partial charge < -0.3 is 10.2 Å². The van der Waals surface area contributed by atoms with E-state index in [2.05, 4.69) is 10.2 Å². The maximum absolute atomic E-state index is 14.2. The van der Waals surface area contributed by atoms with Crippen LogP contribution in [-0.4, -0.2) is 54.0 Å². The van der Waals surface area contributed by atoms with E-state index in [1.54, 1.807) is 6.07 Å². The second kappa shape index (κ2) is 8.46. The minimum absolute atomic E-state index is 0.0714. The first-order valence-corrected chi connectivity index (χ1v) is 10.8. The molecule has 0 radical (unpaired) electrons. The highest BCUT2D eigenvalue weighted by Gasteiger charge is 2.35. The van der Waals surface area contributed by atoms with Crippen molar-refractivity contribution in [1.29, 1.82) is 0 Å². The van der Waals surface area contributed by atoms with Gasteiger partial charge in [-0.05, 0) is 44.1 Å². The number of nitrogens with one attached hydrogen (secondary N) is 1. The fraction of sp³-hybridized carbons (Fsp3) is 0.682. The van der Waals surface area contributed by atoms with Crippen LogP contribution in [0.3, 0.4) is 0 Å². The molecule has 154 valence electrons. The van der Waals surface area contributed by atoms with E-state index in [0.29, 0.717) is 43.1 Å². The number of hydrogen-bond acceptors (Lipinski definition) is 3. The molecule has 0 aliphatic carbocycles. The third kappa shape index (κ3) is 4.23. The Kier molecular flexibility index (Phi) is 5.97. The summed E-state index contributed by atoms with van der Waals surface area (Å²) in [6.45, 7) is 4.87. The average molecular weight is 392 g/mol. The standard InChI is InChI=1S/C22H31F2N3O/c1-2-21(19-6-3-16(23)14-20(19)24)26-7-9-27(10-8-26)22(28)13-15-11-17-4-5-18(12-15)25-17/h3,6,14-15,17-18,21,25H,2,4-5,7-13H2,1H3. The molecule has 3 aliphatic heterocycles. The van der Waals surface area contributed by atoms with E-state index < -0.39 is 11.6 Å². The highest BCUT2D eigenvalue weighted by Crippen LogP contribution is 2.33. The zero-order valence-corrected chi connectivity index (χ0v) is 16.7. The minimum Gasteiger partial charge on any atom is -0.340 e. The first-order chi connectivity index (χ1) is 13.5. The molecule has 3 fully saturated rings. The van der Waals surface area contributed by atoms with Crippen molar-refractivity contribution in [3.8, 4) is 0 Å². The van der Waals surface area contributed by atoms with Crippen LogP contribution >= 0.6 is 0 Å². The lowest BCUT2D eigenvalue weighted by atomic mass is 9.89. The molecule has 3 aliphatic rings. The van der Waals surface area contributed by atoms with Crippen molar-refractivity contribution in [1.82, 2.24) is 15.1 Å². The number of nitrogens with zero attached hydrogens (tertiary/aromatic N) is 2. The van der Waals surface area contributed by atoms with Gasteiger partial charge in [-0.2, -0.15) is 0 Å². The molecule has 0 saturated carbocycles. The first kappa shape index (κ1) is 19.8. The predicted molar refractivity (Wildman–Crippen MR) is 105 cm³/mol. The molecular weight excluding hydrogens is 360 g/mol. The van der Waals surface area contributed by atoms with Crippen LogP contribution < -0.4 is 5.32 Å². The summed E-state index contributed by atoms with van der Waals surface area (Å²) in [7, 11) is 0. The van der Waals surface area contributed by atoms with Gasteiger partial charge in [-0.15, -0.1) is 0 Å². The van der Waals surface area contributed by atoms with Crippen LogP contribution in [0.25, 0.3) is 0 Å². The molecule has 1 aromatic carbocycles. The highest BCUT2D eigenvalue weighted by atomic mass is 19.1. The van der Waals surface area contributed by atoms with Gasteiger partial charge in [0.2, 0.25) is 5.91 Å². The Labute approximate surface area is 166 Å². The lowest BCUT2D eigenvalue weighted by Gasteiger charge is -2.40. The van der Waals surface area contributed by atoms with Gasteiger partial charge in [0, 0.05) is 62.4 Å². The van der Waals surface area contributed by atoms with Gasteiger partial charge in [0.05, 0.1) is 0 Å². The van der Waals surface area contributed by atoms with Crippen molar-refractivity contribution in [3.05, 3.63) is 35.4 Å². The number of carbonyl (C=O) groups excluding carboxylic acids is 1. The van der Waals surface area contributed by atoms with Crippen LogP contribution in [0, 0.1) is 17.6 Å². The largest absolute Gasteiger partial charge is 0.340 e. The van der Waals surface area contributed by atoms with E-state index in [9.17, 15) is 13.6 Å². The Morgan fingerprint density at radius 3 is 2.43 bits per heavy atom. The number of piperazine rings is 1. The molecule has 3 heterocycles. The van der Waals surface area contributed by atoms with Crippen LogP contribution in [0.2, 0.25) is 0 Å². The minimum atomic E-state index is -0.544. The second-order valence-electron chi connectivity index (χ2n) is 8.69. The van der Waals surface area contributed by atoms with Gasteiger partial charge in [-0.25, -0.2) is 8.78 Å². The molecule has 3 atom stereocenters. The van der Waals surface area contributed by atoms with Gasteiger partial charge in [0.25, 0.3) is 0 Å². The van der Waals surface area contributed by atoms with E-state index >= 15 is 0 Å². The zero-order chi connectivity index (χ0) is 19.7. The summed E-state index contributed by atoms with van der Waals surface area (Å²) in [5, 5.41) is 3.64. The van der Waals surface area contributed by atoms with Gasteiger partial charge in [0.15, 0.2) is 0 Å². The molecule has 1 N–H and O–H groups in total. The quantitative estimate of drug-likeness (QED) is 0.835. The van der Waals surface area contributed by atoms with Gasteiger partial charge in [-0.3, -0.25) is 9.69 Å². The van der Waals surface area contributed by atoms with E-state index in [4.69, 9.17) is 0 Å². The Hall–Kier alpha value is -1.53. The normalized spacial score (nSPS) is 29.1. The van der Waals surface area contributed by atoms with Gasteiger partial charge >= 0.3 is 0 Å². The summed E-state index contributed by atoms with van der Waals surface area (Å²) < 4.78 is 27.5. The summed E-state index contributed by atoms with van der Waals surface area (Å²) in [4.78, 5) is 17.0. The van der Waals surface area contributed by atoms with Crippen molar-refractivity contribution in [2.24, 2.45) is 5.92 Å². The molecule has 2 bridgehead atoms. The van der Waals surface area contributed by atoms with Gasteiger partial charge in [0.1, 0.15) is 11.6 Å². The zero-order valence-electron chi connectivity index (χ0n) is 16.7. The van der Waals surface area contributed by atoms with E-state index in [0.717, 1.165) is 38.4 Å². The molecule has 6 heteroatoms. The van der Waals surface area contributed by atoms with Crippen LogP contribution in [0.4, 0.5) is 8.78 Å². The Balaban J connectivity index is 1.31. The van der Waals surface area contributed by atoms with Crippen LogP contribution in [-0.2, 0) is 4.79 Å². The van der Waals surface area contributed by atoms with E-state index in [1.165, 1.54) is 18.9 Å². The molecule has 1 aromatic rings. The third-order valence-electron chi connectivity index (χ3n) is 6.85. The van der Waals surface area contributed by atoms with E-state index in [-0.39, 0.29) is 11.9 Å². The number of fused-ring (bicyclic) bond motifs is 2. The maximum Gasteiger partial charge on any atom is 0.222 e. The summed E-state index contributed by atoms with van der Waals surface area (Å²) in [5.74, 6) is -0.239. The molecule has 3 unspecified atom stereocenters. The monoisotopic (exact) mass is 391 g/mol. The fourth-order valence-electron chi connectivity index (χ4n) is 5.45. The molecule has 1 amide bonds. The Bertz CT molecular complexity index is 693.